The Labute approximate surface area is 69.9 Å². The first kappa shape index (κ1) is 7.16. The van der Waals surface area contributed by atoms with E-state index >= 15 is 0 Å². The largest absolute Gasteiger partial charge is 0.398 e. The molecule has 0 aromatic heterocycles. The van der Waals surface area contributed by atoms with Gasteiger partial charge in [0.05, 0.1) is 0 Å². The van der Waals surface area contributed by atoms with Gasteiger partial charge in [0, 0.05) is 23.5 Å². The normalized spacial score (nSPS) is 13.8. The molecule has 0 amide bonds. The van der Waals surface area contributed by atoms with Gasteiger partial charge in [0.1, 0.15) is 5.82 Å². The predicted octanol–water partition coefficient (Wildman–Crippen LogP) is 1.85. The van der Waals surface area contributed by atoms with Crippen LogP contribution < -0.4 is 11.1 Å². The summed E-state index contributed by atoms with van der Waals surface area (Å²) in [5, 5.41) is 3.04. The number of nitrogens with one attached hydrogen (secondary N) is 1. The Kier molecular flexibility index (Phi) is 1.50. The summed E-state index contributed by atoms with van der Waals surface area (Å²) < 4.78 is 12.8. The molecule has 2 nitrogen and oxygen atoms in total. The van der Waals surface area contributed by atoms with Crippen molar-refractivity contribution in [1.29, 1.82) is 0 Å². The third kappa shape index (κ3) is 1.03. The van der Waals surface area contributed by atoms with Gasteiger partial charge in [-0.3, -0.25) is 0 Å². The standard InChI is InChI=1S/C9H9FN2/c10-6-4-8(11)7-2-1-3-12-9(7)5-6/h1-2,4-5,12H,3,11H2. The zero-order valence-electron chi connectivity index (χ0n) is 6.47. The van der Waals surface area contributed by atoms with Gasteiger partial charge in [0.2, 0.25) is 0 Å². The zero-order valence-corrected chi connectivity index (χ0v) is 6.47. The van der Waals surface area contributed by atoms with E-state index in [0.717, 1.165) is 17.8 Å². The molecule has 0 saturated heterocycles. The maximum Gasteiger partial charge on any atom is 0.127 e. The van der Waals surface area contributed by atoms with E-state index < -0.39 is 0 Å². The van der Waals surface area contributed by atoms with Crippen molar-refractivity contribution in [2.45, 2.75) is 0 Å². The minimum absolute atomic E-state index is 0.297. The van der Waals surface area contributed by atoms with E-state index in [2.05, 4.69) is 5.32 Å². The molecule has 0 spiro atoms. The molecule has 3 N–H and O–H groups in total. The second kappa shape index (κ2) is 2.52. The molecule has 1 aliphatic heterocycles. The predicted molar refractivity (Wildman–Crippen MR) is 48.3 cm³/mol. The third-order valence-corrected chi connectivity index (χ3v) is 1.87. The van der Waals surface area contributed by atoms with E-state index in [1.165, 1.54) is 12.1 Å². The number of nitrogen functional groups attached to an aromatic ring is 1. The van der Waals surface area contributed by atoms with Crippen molar-refractivity contribution in [2.24, 2.45) is 0 Å². The molecular formula is C9H9FN2. The number of anilines is 2. The molecule has 0 bridgehead atoms. The number of benzene rings is 1. The van der Waals surface area contributed by atoms with Gasteiger partial charge in [-0.05, 0) is 12.1 Å². The van der Waals surface area contributed by atoms with E-state index in [1.54, 1.807) is 0 Å². The average Bonchev–Trinajstić information content (AvgIpc) is 2.04. The summed E-state index contributed by atoms with van der Waals surface area (Å²) in [4.78, 5) is 0. The summed E-state index contributed by atoms with van der Waals surface area (Å²) in [6, 6.07) is 2.78. The van der Waals surface area contributed by atoms with E-state index in [9.17, 15) is 4.39 Å². The van der Waals surface area contributed by atoms with E-state index in [1.807, 2.05) is 12.2 Å². The highest BCUT2D eigenvalue weighted by molar-refractivity contribution is 5.79. The smallest absolute Gasteiger partial charge is 0.127 e. The van der Waals surface area contributed by atoms with Gasteiger partial charge >= 0.3 is 0 Å². The maximum atomic E-state index is 12.8. The fourth-order valence-corrected chi connectivity index (χ4v) is 1.32. The molecule has 0 atom stereocenters. The lowest BCUT2D eigenvalue weighted by molar-refractivity contribution is 0.629. The fraction of sp³-hybridized carbons (Fsp3) is 0.111. The second-order valence-corrected chi connectivity index (χ2v) is 2.74. The van der Waals surface area contributed by atoms with E-state index in [0.29, 0.717) is 5.69 Å². The number of hydrogen-bond donors (Lipinski definition) is 2. The molecule has 2 rings (SSSR count). The fourth-order valence-electron chi connectivity index (χ4n) is 1.32. The summed E-state index contributed by atoms with van der Waals surface area (Å²) in [6.45, 7) is 0.732. The number of hydrogen-bond acceptors (Lipinski definition) is 2. The van der Waals surface area contributed by atoms with Gasteiger partial charge in [-0.2, -0.15) is 0 Å². The molecule has 0 radical (unpaired) electrons. The highest BCUT2D eigenvalue weighted by atomic mass is 19.1. The van der Waals surface area contributed by atoms with E-state index in [4.69, 9.17) is 5.73 Å². The topological polar surface area (TPSA) is 38.0 Å². The first-order valence-corrected chi connectivity index (χ1v) is 3.77. The van der Waals surface area contributed by atoms with Crippen molar-refractivity contribution in [3.63, 3.8) is 0 Å². The zero-order chi connectivity index (χ0) is 8.55. The van der Waals surface area contributed by atoms with Crippen LogP contribution >= 0.6 is 0 Å². The lowest BCUT2D eigenvalue weighted by Crippen LogP contribution is -2.06. The third-order valence-electron chi connectivity index (χ3n) is 1.87. The van der Waals surface area contributed by atoms with Crippen LogP contribution in [0.3, 0.4) is 0 Å². The van der Waals surface area contributed by atoms with Gasteiger partial charge in [-0.25, -0.2) is 4.39 Å². The van der Waals surface area contributed by atoms with Gasteiger partial charge < -0.3 is 11.1 Å². The van der Waals surface area contributed by atoms with Crippen LogP contribution in [-0.4, -0.2) is 6.54 Å². The Hall–Kier alpha value is -1.51. The van der Waals surface area contributed by atoms with Crippen LogP contribution in [-0.2, 0) is 0 Å². The maximum absolute atomic E-state index is 12.8. The molecule has 62 valence electrons. The summed E-state index contributed by atoms with van der Waals surface area (Å²) in [6.07, 6.45) is 3.86. The first-order chi connectivity index (χ1) is 5.77. The molecule has 0 aliphatic carbocycles. The summed E-state index contributed by atoms with van der Waals surface area (Å²) >= 11 is 0. The van der Waals surface area contributed by atoms with Crippen LogP contribution in [0.25, 0.3) is 6.08 Å². The quantitative estimate of drug-likeness (QED) is 0.574. The van der Waals surface area contributed by atoms with Crippen molar-refractivity contribution in [3.8, 4) is 0 Å². The summed E-state index contributed by atoms with van der Waals surface area (Å²) in [7, 11) is 0. The Balaban J connectivity index is 2.62. The van der Waals surface area contributed by atoms with Crippen molar-refractivity contribution < 1.29 is 4.39 Å². The molecule has 0 saturated carbocycles. The molecule has 1 aromatic carbocycles. The molecule has 1 aliphatic rings. The molecule has 0 unspecified atom stereocenters. The van der Waals surface area contributed by atoms with Crippen molar-refractivity contribution in [2.75, 3.05) is 17.6 Å². The highest BCUT2D eigenvalue weighted by Gasteiger charge is 2.08. The number of halogens is 1. The Morgan fingerprint density at radius 3 is 3.08 bits per heavy atom. The Morgan fingerprint density at radius 2 is 2.25 bits per heavy atom. The molecule has 1 aromatic rings. The second-order valence-electron chi connectivity index (χ2n) is 2.74. The monoisotopic (exact) mass is 164 g/mol. The van der Waals surface area contributed by atoms with Crippen LogP contribution in [0.2, 0.25) is 0 Å². The van der Waals surface area contributed by atoms with Crippen molar-refractivity contribution >= 4 is 17.5 Å². The molecule has 0 fully saturated rings. The highest BCUT2D eigenvalue weighted by Crippen LogP contribution is 2.27. The summed E-state index contributed by atoms with van der Waals surface area (Å²) in [5.74, 6) is -0.297. The summed E-state index contributed by atoms with van der Waals surface area (Å²) in [5.41, 5.74) is 7.74. The molecular weight excluding hydrogens is 155 g/mol. The minimum Gasteiger partial charge on any atom is -0.398 e. The number of rotatable bonds is 0. The van der Waals surface area contributed by atoms with Gasteiger partial charge in [0.25, 0.3) is 0 Å². The molecule has 12 heavy (non-hydrogen) atoms. The minimum atomic E-state index is -0.297. The van der Waals surface area contributed by atoms with Crippen LogP contribution in [0.1, 0.15) is 5.56 Å². The first-order valence-electron chi connectivity index (χ1n) is 3.77. The van der Waals surface area contributed by atoms with Crippen molar-refractivity contribution in [3.05, 3.63) is 29.6 Å². The Bertz CT molecular complexity index is 345. The van der Waals surface area contributed by atoms with Crippen LogP contribution in [0, 0.1) is 5.82 Å². The lowest BCUT2D eigenvalue weighted by Gasteiger charge is -2.14. The van der Waals surface area contributed by atoms with E-state index in [-0.39, 0.29) is 5.82 Å². The van der Waals surface area contributed by atoms with Crippen molar-refractivity contribution in [1.82, 2.24) is 0 Å². The van der Waals surface area contributed by atoms with Crippen LogP contribution in [0.5, 0.6) is 0 Å². The van der Waals surface area contributed by atoms with Crippen LogP contribution in [0.15, 0.2) is 18.2 Å². The van der Waals surface area contributed by atoms with Gasteiger partial charge in [-0.1, -0.05) is 12.2 Å². The average molecular weight is 164 g/mol. The number of nitrogens with two attached hydrogens (primary N) is 1. The van der Waals surface area contributed by atoms with Crippen LogP contribution in [0.4, 0.5) is 15.8 Å². The molecule has 1 heterocycles. The Morgan fingerprint density at radius 1 is 1.42 bits per heavy atom. The molecule has 3 heteroatoms. The SMILES string of the molecule is Nc1cc(F)cc2c1C=CCN2. The van der Waals surface area contributed by atoms with Gasteiger partial charge in [0.15, 0.2) is 0 Å². The lowest BCUT2D eigenvalue weighted by atomic mass is 10.1. The van der Waals surface area contributed by atoms with Gasteiger partial charge in [-0.15, -0.1) is 0 Å². The number of fused-ring (bicyclic) bond motifs is 1.